The Kier molecular flexibility index (Phi) is 5.25. The highest BCUT2D eigenvalue weighted by atomic mass is 19.1. The van der Waals surface area contributed by atoms with Gasteiger partial charge < -0.3 is 19.9 Å². The van der Waals surface area contributed by atoms with Crippen molar-refractivity contribution in [3.05, 3.63) is 41.8 Å². The second-order valence-corrected chi connectivity index (χ2v) is 8.95. The molecule has 1 amide bonds. The van der Waals surface area contributed by atoms with Gasteiger partial charge in [-0.1, -0.05) is 6.07 Å². The zero-order chi connectivity index (χ0) is 21.4. The van der Waals surface area contributed by atoms with Crippen LogP contribution in [0.15, 0.2) is 30.3 Å². The second kappa shape index (κ2) is 8.07. The van der Waals surface area contributed by atoms with E-state index in [1.54, 1.807) is 6.07 Å². The van der Waals surface area contributed by atoms with Crippen molar-refractivity contribution in [2.45, 2.75) is 38.7 Å². The molecule has 3 fully saturated rings. The quantitative estimate of drug-likeness (QED) is 0.757. The predicted molar refractivity (Wildman–Crippen MR) is 117 cm³/mol. The van der Waals surface area contributed by atoms with Gasteiger partial charge in [0.05, 0.1) is 18.3 Å². The van der Waals surface area contributed by atoms with Crippen LogP contribution in [-0.4, -0.2) is 54.8 Å². The molecule has 0 radical (unpaired) electrons. The van der Waals surface area contributed by atoms with Gasteiger partial charge in [-0.25, -0.2) is 9.97 Å². The summed E-state index contributed by atoms with van der Waals surface area (Å²) in [6, 6.07) is 8.33. The normalized spacial score (nSPS) is 22.5. The molecule has 7 nitrogen and oxygen atoms in total. The number of aromatic nitrogens is 2. The van der Waals surface area contributed by atoms with E-state index < -0.39 is 5.95 Å². The Morgan fingerprint density at radius 3 is 2.65 bits per heavy atom. The number of carbonyl (C=O) groups excluding carboxylic acids is 1. The van der Waals surface area contributed by atoms with Gasteiger partial charge in [-0.15, -0.1) is 0 Å². The molecular formula is C23H28FN5O2. The minimum absolute atomic E-state index is 0.140. The van der Waals surface area contributed by atoms with E-state index in [1.807, 2.05) is 24.0 Å². The number of ether oxygens (including phenoxy) is 1. The molecule has 2 aromatic rings. The third-order valence-electron chi connectivity index (χ3n) is 6.71. The summed E-state index contributed by atoms with van der Waals surface area (Å²) in [5.74, 6) is 0.795. The Balaban J connectivity index is 1.33. The van der Waals surface area contributed by atoms with E-state index in [0.717, 1.165) is 44.8 Å². The fourth-order valence-corrected chi connectivity index (χ4v) is 4.59. The zero-order valence-corrected chi connectivity index (χ0v) is 17.8. The minimum Gasteiger partial charge on any atom is -0.375 e. The highest BCUT2D eigenvalue weighted by Gasteiger charge is 2.44. The highest BCUT2D eigenvalue weighted by Crippen LogP contribution is 2.53. The van der Waals surface area contributed by atoms with Gasteiger partial charge in [-0.3, -0.25) is 4.79 Å². The topological polar surface area (TPSA) is 70.6 Å². The van der Waals surface area contributed by atoms with Crippen molar-refractivity contribution in [2.24, 2.45) is 5.41 Å². The summed E-state index contributed by atoms with van der Waals surface area (Å²) in [6.45, 7) is 5.82. The van der Waals surface area contributed by atoms with Crippen molar-refractivity contribution < 1.29 is 13.9 Å². The number of hydrogen-bond acceptors (Lipinski definition) is 6. The van der Waals surface area contributed by atoms with E-state index >= 15 is 0 Å². The highest BCUT2D eigenvalue weighted by molar-refractivity contribution is 6.07. The van der Waals surface area contributed by atoms with Crippen LogP contribution in [0.3, 0.4) is 0 Å². The van der Waals surface area contributed by atoms with Gasteiger partial charge in [-0.05, 0) is 62.3 Å². The number of pyridine rings is 2. The van der Waals surface area contributed by atoms with E-state index in [4.69, 9.17) is 4.74 Å². The average molecular weight is 426 g/mol. The SMILES string of the molecule is C[C@@H]1CN(c2cccc(NC(=O)c3ccc(F)nc3N3CCC4(CC3)CC4)n2)CCO1. The van der Waals surface area contributed by atoms with Crippen LogP contribution in [-0.2, 0) is 4.74 Å². The van der Waals surface area contributed by atoms with Crippen LogP contribution in [0.5, 0.6) is 0 Å². The van der Waals surface area contributed by atoms with Crippen LogP contribution in [0, 0.1) is 11.4 Å². The van der Waals surface area contributed by atoms with Gasteiger partial charge in [0.15, 0.2) is 0 Å². The Morgan fingerprint density at radius 1 is 1.10 bits per heavy atom. The van der Waals surface area contributed by atoms with Crippen molar-refractivity contribution in [3.8, 4) is 0 Å². The number of rotatable bonds is 4. The first-order valence-corrected chi connectivity index (χ1v) is 11.1. The third-order valence-corrected chi connectivity index (χ3v) is 6.71. The Bertz CT molecular complexity index is 970. The van der Waals surface area contributed by atoms with Gasteiger partial charge in [0.2, 0.25) is 5.95 Å². The van der Waals surface area contributed by atoms with E-state index in [-0.39, 0.29) is 12.0 Å². The molecule has 1 atom stereocenters. The summed E-state index contributed by atoms with van der Waals surface area (Å²) in [4.78, 5) is 26.0. The van der Waals surface area contributed by atoms with Gasteiger partial charge >= 0.3 is 0 Å². The first kappa shape index (κ1) is 20.2. The summed E-state index contributed by atoms with van der Waals surface area (Å²) in [6.07, 6.45) is 4.87. The smallest absolute Gasteiger partial charge is 0.260 e. The summed E-state index contributed by atoms with van der Waals surface area (Å²) in [5.41, 5.74) is 0.869. The largest absolute Gasteiger partial charge is 0.375 e. The molecule has 2 saturated heterocycles. The number of halogens is 1. The van der Waals surface area contributed by atoms with Crippen LogP contribution in [0.4, 0.5) is 21.8 Å². The standard InChI is InChI=1S/C23H28FN5O2/c1-16-15-29(13-14-31-16)20-4-2-3-19(26-20)27-22(30)17-5-6-18(24)25-21(17)28-11-9-23(7-8-23)10-12-28/h2-6,16H,7-15H2,1H3,(H,26,27,30)/t16-/m1/s1. The lowest BCUT2D eigenvalue weighted by atomic mass is 9.93. The number of amides is 1. The molecule has 0 bridgehead atoms. The maximum atomic E-state index is 13.9. The Labute approximate surface area is 181 Å². The zero-order valence-electron chi connectivity index (χ0n) is 17.8. The second-order valence-electron chi connectivity index (χ2n) is 8.95. The lowest BCUT2D eigenvalue weighted by Crippen LogP contribution is -2.41. The fraction of sp³-hybridized carbons (Fsp3) is 0.522. The maximum Gasteiger partial charge on any atom is 0.260 e. The maximum absolute atomic E-state index is 13.9. The van der Waals surface area contributed by atoms with Crippen LogP contribution in [0.25, 0.3) is 0 Å². The number of carbonyl (C=O) groups is 1. The summed E-state index contributed by atoms with van der Waals surface area (Å²) >= 11 is 0. The number of nitrogens with one attached hydrogen (secondary N) is 1. The first-order chi connectivity index (χ1) is 15.0. The van der Waals surface area contributed by atoms with Gasteiger partial charge in [0.1, 0.15) is 17.5 Å². The molecule has 5 rings (SSSR count). The number of anilines is 3. The molecule has 2 aromatic heterocycles. The fourth-order valence-electron chi connectivity index (χ4n) is 4.59. The van der Waals surface area contributed by atoms with Crippen molar-refractivity contribution in [1.29, 1.82) is 0 Å². The number of piperidine rings is 1. The lowest BCUT2D eigenvalue weighted by Gasteiger charge is -2.33. The molecule has 1 N–H and O–H groups in total. The van der Waals surface area contributed by atoms with E-state index in [0.29, 0.717) is 29.2 Å². The lowest BCUT2D eigenvalue weighted by molar-refractivity contribution is 0.0529. The van der Waals surface area contributed by atoms with Gasteiger partial charge in [-0.2, -0.15) is 4.39 Å². The van der Waals surface area contributed by atoms with E-state index in [2.05, 4.69) is 20.2 Å². The summed E-state index contributed by atoms with van der Waals surface area (Å²) in [7, 11) is 0. The molecule has 1 saturated carbocycles. The molecule has 8 heteroatoms. The number of hydrogen-bond donors (Lipinski definition) is 1. The number of nitrogens with zero attached hydrogens (tertiary/aromatic N) is 4. The molecule has 1 aliphatic carbocycles. The van der Waals surface area contributed by atoms with Crippen molar-refractivity contribution in [2.75, 3.05) is 47.9 Å². The number of morpholine rings is 1. The summed E-state index contributed by atoms with van der Waals surface area (Å²) < 4.78 is 19.5. The van der Waals surface area contributed by atoms with Crippen LogP contribution in [0.2, 0.25) is 0 Å². The summed E-state index contributed by atoms with van der Waals surface area (Å²) in [5, 5.41) is 2.88. The van der Waals surface area contributed by atoms with Crippen LogP contribution in [0.1, 0.15) is 43.0 Å². The molecule has 31 heavy (non-hydrogen) atoms. The Morgan fingerprint density at radius 2 is 1.90 bits per heavy atom. The molecule has 164 valence electrons. The van der Waals surface area contributed by atoms with Crippen LogP contribution >= 0.6 is 0 Å². The molecule has 2 aliphatic heterocycles. The van der Waals surface area contributed by atoms with E-state index in [1.165, 1.54) is 25.0 Å². The molecular weight excluding hydrogens is 397 g/mol. The van der Waals surface area contributed by atoms with Crippen molar-refractivity contribution in [3.63, 3.8) is 0 Å². The first-order valence-electron chi connectivity index (χ1n) is 11.1. The molecule has 0 aromatic carbocycles. The van der Waals surface area contributed by atoms with Crippen LogP contribution < -0.4 is 15.1 Å². The molecule has 0 unspecified atom stereocenters. The van der Waals surface area contributed by atoms with Gasteiger partial charge in [0, 0.05) is 26.2 Å². The monoisotopic (exact) mass is 425 g/mol. The van der Waals surface area contributed by atoms with E-state index in [9.17, 15) is 9.18 Å². The predicted octanol–water partition coefficient (Wildman–Crippen LogP) is 3.47. The molecule has 1 spiro atoms. The Hall–Kier alpha value is -2.74. The third kappa shape index (κ3) is 4.35. The molecule has 3 aliphatic rings. The molecule has 4 heterocycles. The average Bonchev–Trinajstić information content (AvgIpc) is 3.53. The van der Waals surface area contributed by atoms with Gasteiger partial charge in [0.25, 0.3) is 5.91 Å². The van der Waals surface area contributed by atoms with Crippen molar-refractivity contribution >= 4 is 23.4 Å². The minimum atomic E-state index is -0.570. The van der Waals surface area contributed by atoms with Crippen molar-refractivity contribution in [1.82, 2.24) is 9.97 Å².